The lowest BCUT2D eigenvalue weighted by atomic mass is 10.1. The molecule has 0 atom stereocenters. The van der Waals surface area contributed by atoms with Crippen molar-refractivity contribution in [2.45, 2.75) is 6.42 Å². The highest BCUT2D eigenvalue weighted by atomic mass is 19.1. The van der Waals surface area contributed by atoms with Crippen LogP contribution in [0.3, 0.4) is 0 Å². The number of hydrogen-bond acceptors (Lipinski definition) is 6. The SMILES string of the molecule is O=C(CN1C(=O)c2ccccc2C1=O)NCCc1nnc(-c2ccc(F)cc2)o1. The van der Waals surface area contributed by atoms with Crippen molar-refractivity contribution in [1.82, 2.24) is 20.4 Å². The molecular formula is C20H15FN4O4. The van der Waals surface area contributed by atoms with E-state index in [0.717, 1.165) is 4.90 Å². The Hall–Kier alpha value is -3.88. The van der Waals surface area contributed by atoms with Gasteiger partial charge in [-0.05, 0) is 36.4 Å². The summed E-state index contributed by atoms with van der Waals surface area (Å²) in [5.41, 5.74) is 1.17. The molecule has 1 N–H and O–H groups in total. The number of hydrogen-bond donors (Lipinski definition) is 1. The van der Waals surface area contributed by atoms with Gasteiger partial charge in [0.1, 0.15) is 12.4 Å². The van der Waals surface area contributed by atoms with Crippen LogP contribution in [0.4, 0.5) is 4.39 Å². The molecule has 0 radical (unpaired) electrons. The van der Waals surface area contributed by atoms with Crippen LogP contribution in [-0.4, -0.2) is 45.9 Å². The van der Waals surface area contributed by atoms with Gasteiger partial charge in [-0.1, -0.05) is 12.1 Å². The molecule has 8 nitrogen and oxygen atoms in total. The summed E-state index contributed by atoms with van der Waals surface area (Å²) in [6.45, 7) is -0.177. The van der Waals surface area contributed by atoms with Crippen molar-refractivity contribution in [3.63, 3.8) is 0 Å². The van der Waals surface area contributed by atoms with Gasteiger partial charge < -0.3 is 9.73 Å². The number of amides is 3. The van der Waals surface area contributed by atoms with E-state index in [1.807, 2.05) is 0 Å². The molecule has 0 saturated heterocycles. The highest BCUT2D eigenvalue weighted by molar-refractivity contribution is 6.22. The number of carbonyl (C=O) groups excluding carboxylic acids is 3. The summed E-state index contributed by atoms with van der Waals surface area (Å²) in [4.78, 5) is 37.6. The van der Waals surface area contributed by atoms with E-state index in [0.29, 0.717) is 22.6 Å². The van der Waals surface area contributed by atoms with Crippen LogP contribution < -0.4 is 5.32 Å². The Labute approximate surface area is 164 Å². The average Bonchev–Trinajstić information content (AvgIpc) is 3.28. The lowest BCUT2D eigenvalue weighted by Gasteiger charge is -2.13. The lowest BCUT2D eigenvalue weighted by Crippen LogP contribution is -2.40. The number of aromatic nitrogens is 2. The zero-order valence-electron chi connectivity index (χ0n) is 15.1. The van der Waals surface area contributed by atoms with Gasteiger partial charge in [-0.25, -0.2) is 4.39 Å². The molecule has 4 rings (SSSR count). The first kappa shape index (κ1) is 18.5. The second-order valence-corrected chi connectivity index (χ2v) is 6.35. The minimum atomic E-state index is -0.485. The summed E-state index contributed by atoms with van der Waals surface area (Å²) >= 11 is 0. The molecule has 1 aromatic heterocycles. The van der Waals surface area contributed by atoms with Gasteiger partial charge in [-0.2, -0.15) is 0 Å². The molecule has 1 aliphatic heterocycles. The third-order valence-corrected chi connectivity index (χ3v) is 4.40. The first-order valence-corrected chi connectivity index (χ1v) is 8.83. The van der Waals surface area contributed by atoms with Crippen LogP contribution in [0.1, 0.15) is 26.6 Å². The van der Waals surface area contributed by atoms with Crippen molar-refractivity contribution < 1.29 is 23.2 Å². The summed E-state index contributed by atoms with van der Waals surface area (Å²) in [6.07, 6.45) is 0.266. The predicted octanol–water partition coefficient (Wildman–Crippen LogP) is 1.83. The summed E-state index contributed by atoms with van der Waals surface area (Å²) in [5.74, 6) is -1.27. The topological polar surface area (TPSA) is 105 Å². The fourth-order valence-electron chi connectivity index (χ4n) is 2.95. The van der Waals surface area contributed by atoms with Gasteiger partial charge in [0.15, 0.2) is 0 Å². The minimum Gasteiger partial charge on any atom is -0.421 e. The largest absolute Gasteiger partial charge is 0.421 e. The van der Waals surface area contributed by atoms with Crippen LogP contribution in [0.25, 0.3) is 11.5 Å². The molecule has 0 saturated carbocycles. The highest BCUT2D eigenvalue weighted by Gasteiger charge is 2.36. The van der Waals surface area contributed by atoms with Crippen molar-refractivity contribution >= 4 is 17.7 Å². The second-order valence-electron chi connectivity index (χ2n) is 6.35. The quantitative estimate of drug-likeness (QED) is 0.640. The molecule has 0 aliphatic carbocycles. The number of halogens is 1. The second kappa shape index (κ2) is 7.63. The van der Waals surface area contributed by atoms with E-state index in [2.05, 4.69) is 15.5 Å². The molecule has 1 aliphatic rings. The average molecular weight is 394 g/mol. The molecule has 0 spiro atoms. The van der Waals surface area contributed by atoms with Crippen LogP contribution in [0.2, 0.25) is 0 Å². The maximum Gasteiger partial charge on any atom is 0.262 e. The number of carbonyl (C=O) groups is 3. The smallest absolute Gasteiger partial charge is 0.262 e. The summed E-state index contributed by atoms with van der Waals surface area (Å²) in [7, 11) is 0. The van der Waals surface area contributed by atoms with E-state index < -0.39 is 17.7 Å². The highest BCUT2D eigenvalue weighted by Crippen LogP contribution is 2.22. The molecule has 9 heteroatoms. The molecule has 0 bridgehead atoms. The Morgan fingerprint density at radius 2 is 1.66 bits per heavy atom. The summed E-state index contributed by atoms with van der Waals surface area (Å²) in [6, 6.07) is 12.1. The Balaban J connectivity index is 1.29. The third-order valence-electron chi connectivity index (χ3n) is 4.40. The number of nitrogens with zero attached hydrogens (tertiary/aromatic N) is 3. The Morgan fingerprint density at radius 1 is 1.00 bits per heavy atom. The van der Waals surface area contributed by atoms with Gasteiger partial charge in [0.25, 0.3) is 11.8 Å². The number of nitrogens with one attached hydrogen (secondary N) is 1. The van der Waals surface area contributed by atoms with E-state index in [1.54, 1.807) is 24.3 Å². The monoisotopic (exact) mass is 394 g/mol. The van der Waals surface area contributed by atoms with Crippen LogP contribution >= 0.6 is 0 Å². The van der Waals surface area contributed by atoms with Crippen LogP contribution in [0.15, 0.2) is 52.9 Å². The minimum absolute atomic E-state index is 0.188. The maximum atomic E-state index is 13.0. The fourth-order valence-corrected chi connectivity index (χ4v) is 2.95. The van der Waals surface area contributed by atoms with Crippen molar-refractivity contribution in [1.29, 1.82) is 0 Å². The van der Waals surface area contributed by atoms with Crippen molar-refractivity contribution in [3.05, 3.63) is 71.4 Å². The number of imide groups is 1. The molecule has 0 unspecified atom stereocenters. The first-order valence-electron chi connectivity index (χ1n) is 8.83. The zero-order valence-corrected chi connectivity index (χ0v) is 15.1. The van der Waals surface area contributed by atoms with E-state index in [9.17, 15) is 18.8 Å². The van der Waals surface area contributed by atoms with Crippen LogP contribution in [0.5, 0.6) is 0 Å². The van der Waals surface area contributed by atoms with Crippen molar-refractivity contribution in [2.75, 3.05) is 13.1 Å². The third kappa shape index (κ3) is 3.75. The normalized spacial score (nSPS) is 12.9. The van der Waals surface area contributed by atoms with Gasteiger partial charge in [-0.15, -0.1) is 10.2 Å². The Bertz CT molecular complexity index is 1060. The standard InChI is InChI=1S/C20H15FN4O4/c21-13-7-5-12(6-8-13)18-24-23-17(29-18)9-10-22-16(26)11-25-19(27)14-3-1-2-4-15(14)20(25)28/h1-8H,9-11H2,(H,22,26). The Kier molecular flexibility index (Phi) is 4.86. The molecule has 29 heavy (non-hydrogen) atoms. The summed E-state index contributed by atoms with van der Waals surface area (Å²) in [5, 5.41) is 10.4. The van der Waals surface area contributed by atoms with E-state index in [-0.39, 0.29) is 31.2 Å². The number of benzene rings is 2. The molecule has 2 heterocycles. The van der Waals surface area contributed by atoms with E-state index >= 15 is 0 Å². The van der Waals surface area contributed by atoms with E-state index in [4.69, 9.17) is 4.42 Å². The molecule has 3 amide bonds. The molecular weight excluding hydrogens is 379 g/mol. The van der Waals surface area contributed by atoms with Gasteiger partial charge in [0.05, 0.1) is 11.1 Å². The summed E-state index contributed by atoms with van der Waals surface area (Å²) < 4.78 is 18.5. The van der Waals surface area contributed by atoms with Crippen molar-refractivity contribution in [3.8, 4) is 11.5 Å². The number of fused-ring (bicyclic) bond motifs is 1. The van der Waals surface area contributed by atoms with Crippen molar-refractivity contribution in [2.24, 2.45) is 0 Å². The molecule has 146 valence electrons. The fraction of sp³-hybridized carbons (Fsp3) is 0.150. The molecule has 2 aromatic carbocycles. The van der Waals surface area contributed by atoms with Gasteiger partial charge >= 0.3 is 0 Å². The van der Waals surface area contributed by atoms with Crippen LogP contribution in [0, 0.1) is 5.82 Å². The molecule has 3 aromatic rings. The first-order chi connectivity index (χ1) is 14.0. The van der Waals surface area contributed by atoms with Gasteiger partial charge in [0.2, 0.25) is 17.7 Å². The lowest BCUT2D eigenvalue weighted by molar-refractivity contribution is -0.121. The van der Waals surface area contributed by atoms with E-state index in [1.165, 1.54) is 24.3 Å². The molecule has 0 fully saturated rings. The zero-order chi connectivity index (χ0) is 20.4. The van der Waals surface area contributed by atoms with Crippen LogP contribution in [-0.2, 0) is 11.2 Å². The number of rotatable bonds is 6. The maximum absolute atomic E-state index is 13.0. The Morgan fingerprint density at radius 3 is 2.31 bits per heavy atom. The predicted molar refractivity (Wildman–Crippen MR) is 98.2 cm³/mol. The van der Waals surface area contributed by atoms with Gasteiger partial charge in [-0.3, -0.25) is 19.3 Å². The van der Waals surface area contributed by atoms with Gasteiger partial charge in [0, 0.05) is 18.5 Å².